The Labute approximate surface area is 243 Å². The monoisotopic (exact) mass is 597 g/mol. The van der Waals surface area contributed by atoms with Crippen molar-refractivity contribution in [3.05, 3.63) is 46.0 Å². The minimum absolute atomic E-state index is 0.0187. The van der Waals surface area contributed by atoms with Gasteiger partial charge in [-0.05, 0) is 51.3 Å². The molecular weight excluding hydrogens is 562 g/mol. The molecule has 0 spiro atoms. The van der Waals surface area contributed by atoms with Crippen molar-refractivity contribution in [1.82, 2.24) is 28.5 Å². The quantitative estimate of drug-likeness (QED) is 0.319. The first-order chi connectivity index (χ1) is 20.0. The molecule has 4 heterocycles. The summed E-state index contributed by atoms with van der Waals surface area (Å²) in [6, 6.07) is 2.68. The van der Waals surface area contributed by atoms with Crippen molar-refractivity contribution in [2.24, 2.45) is 5.73 Å². The van der Waals surface area contributed by atoms with Crippen LogP contribution in [0.15, 0.2) is 29.3 Å². The van der Waals surface area contributed by atoms with Gasteiger partial charge in [0.05, 0.1) is 23.5 Å². The second-order valence-electron chi connectivity index (χ2n) is 10.8. The normalized spacial score (nSPS) is 17.4. The van der Waals surface area contributed by atoms with Crippen LogP contribution < -0.4 is 26.2 Å². The van der Waals surface area contributed by atoms with Crippen LogP contribution in [0.3, 0.4) is 0 Å². The summed E-state index contributed by atoms with van der Waals surface area (Å²) in [6.07, 6.45) is 7.05. The summed E-state index contributed by atoms with van der Waals surface area (Å²) in [5, 5.41) is 3.77. The number of rotatable bonds is 8. The number of carbonyl (C=O) groups excluding carboxylic acids is 2. The molecule has 0 aromatic carbocycles. The number of nitrogens with two attached hydrogens (primary N) is 1. The van der Waals surface area contributed by atoms with E-state index >= 15 is 0 Å². The van der Waals surface area contributed by atoms with Crippen molar-refractivity contribution in [1.29, 1.82) is 0 Å². The van der Waals surface area contributed by atoms with Gasteiger partial charge in [0, 0.05) is 43.8 Å². The first-order valence-electron chi connectivity index (χ1n) is 13.9. The van der Waals surface area contributed by atoms with Crippen LogP contribution in [0.1, 0.15) is 61.5 Å². The Balaban J connectivity index is 1.32. The summed E-state index contributed by atoms with van der Waals surface area (Å²) in [4.78, 5) is 53.1. The Morgan fingerprint density at radius 2 is 1.76 bits per heavy atom. The van der Waals surface area contributed by atoms with Gasteiger partial charge in [0.1, 0.15) is 11.5 Å². The third kappa shape index (κ3) is 5.84. The number of amides is 1. The van der Waals surface area contributed by atoms with E-state index < -0.39 is 22.2 Å². The number of fused-ring (bicyclic) bond motifs is 1. The SMILES string of the molecule is CC(=O)c1c(C)c2cnc(Nc3ccc(N4CCN(S(=O)(=O)NC(=O)C(C)N)CC4)cn3)nc2n(C2CCCC2)c1=O. The lowest BCUT2D eigenvalue weighted by atomic mass is 10.0. The number of hydrogen-bond acceptors (Lipinski definition) is 11. The van der Waals surface area contributed by atoms with Gasteiger partial charge < -0.3 is 16.0 Å². The highest BCUT2D eigenvalue weighted by atomic mass is 32.2. The average Bonchev–Trinajstić information content (AvgIpc) is 3.47. The number of hydrogen-bond donors (Lipinski definition) is 3. The molecular formula is C27H35N9O5S. The largest absolute Gasteiger partial charge is 0.368 e. The number of ketones is 1. The van der Waals surface area contributed by atoms with E-state index in [0.717, 1.165) is 31.4 Å². The minimum Gasteiger partial charge on any atom is -0.368 e. The average molecular weight is 598 g/mol. The van der Waals surface area contributed by atoms with E-state index in [4.69, 9.17) is 10.7 Å². The number of nitrogens with zero attached hydrogens (tertiary/aromatic N) is 6. The summed E-state index contributed by atoms with van der Waals surface area (Å²) in [7, 11) is -3.96. The zero-order chi connectivity index (χ0) is 30.2. The maximum Gasteiger partial charge on any atom is 0.303 e. The zero-order valence-corrected chi connectivity index (χ0v) is 24.6. The lowest BCUT2D eigenvalue weighted by molar-refractivity contribution is -0.120. The van der Waals surface area contributed by atoms with E-state index in [2.05, 4.69) is 15.3 Å². The van der Waals surface area contributed by atoms with Gasteiger partial charge in [-0.15, -0.1) is 0 Å². The van der Waals surface area contributed by atoms with Crippen LogP contribution in [0.25, 0.3) is 11.0 Å². The fourth-order valence-electron chi connectivity index (χ4n) is 5.54. The van der Waals surface area contributed by atoms with Crippen molar-refractivity contribution in [2.45, 2.75) is 58.5 Å². The standard InChI is InChI=1S/C27H35N9O5S/c1-16-21-15-30-27(32-24(21)36(19-6-4-5-7-19)26(39)23(16)18(3)37)31-22-9-8-20(14-29-22)34-10-12-35(13-11-34)42(40,41)33-25(38)17(2)28/h8-9,14-15,17,19H,4-7,10-13,28H2,1-3H3,(H,33,38)(H,29,30,31,32). The van der Waals surface area contributed by atoms with E-state index in [1.807, 2.05) is 15.7 Å². The first kappa shape index (κ1) is 29.5. The molecule has 1 unspecified atom stereocenters. The molecule has 2 aliphatic rings. The van der Waals surface area contributed by atoms with Gasteiger partial charge in [0.25, 0.3) is 11.5 Å². The molecule has 1 atom stereocenters. The predicted octanol–water partition coefficient (Wildman–Crippen LogP) is 1.39. The maximum atomic E-state index is 13.4. The molecule has 1 amide bonds. The molecule has 1 saturated carbocycles. The van der Waals surface area contributed by atoms with Crippen molar-refractivity contribution in [3.63, 3.8) is 0 Å². The molecule has 3 aromatic rings. The van der Waals surface area contributed by atoms with Gasteiger partial charge in [-0.3, -0.25) is 19.0 Å². The fourth-order valence-corrected chi connectivity index (χ4v) is 6.75. The second kappa shape index (κ2) is 11.7. The molecule has 1 aliphatic heterocycles. The number of anilines is 3. The van der Waals surface area contributed by atoms with Crippen LogP contribution in [0, 0.1) is 6.92 Å². The number of nitrogens with one attached hydrogen (secondary N) is 2. The predicted molar refractivity (Wildman–Crippen MR) is 158 cm³/mol. The summed E-state index contributed by atoms with van der Waals surface area (Å²) in [5.41, 5.74) is 7.22. The van der Waals surface area contributed by atoms with Gasteiger partial charge in [-0.1, -0.05) is 12.8 Å². The molecule has 1 saturated heterocycles. The molecule has 0 bridgehead atoms. The molecule has 1 aliphatic carbocycles. The van der Waals surface area contributed by atoms with Crippen molar-refractivity contribution < 1.29 is 18.0 Å². The summed E-state index contributed by atoms with van der Waals surface area (Å²) >= 11 is 0. The Kier molecular flexibility index (Phi) is 8.25. The van der Waals surface area contributed by atoms with Gasteiger partial charge in [0.15, 0.2) is 5.78 Å². The summed E-state index contributed by atoms with van der Waals surface area (Å²) in [6.45, 7) is 5.79. The van der Waals surface area contributed by atoms with E-state index in [9.17, 15) is 22.8 Å². The van der Waals surface area contributed by atoms with Crippen molar-refractivity contribution in [3.8, 4) is 0 Å². The zero-order valence-electron chi connectivity index (χ0n) is 23.8. The molecule has 224 valence electrons. The molecule has 15 heteroatoms. The summed E-state index contributed by atoms with van der Waals surface area (Å²) in [5.74, 6) is -0.257. The van der Waals surface area contributed by atoms with Gasteiger partial charge >= 0.3 is 10.2 Å². The van der Waals surface area contributed by atoms with Gasteiger partial charge in [0.2, 0.25) is 5.95 Å². The fraction of sp³-hybridized carbons (Fsp3) is 0.481. The Hall–Kier alpha value is -3.95. The number of piperazine rings is 1. The molecule has 14 nitrogen and oxygen atoms in total. The van der Waals surface area contributed by atoms with Crippen LogP contribution >= 0.6 is 0 Å². The number of Topliss-reactive ketones (excluding diaryl/α,β-unsaturated/α-hetero) is 1. The van der Waals surface area contributed by atoms with Crippen LogP contribution in [0.2, 0.25) is 0 Å². The van der Waals surface area contributed by atoms with Crippen LogP contribution in [0.4, 0.5) is 17.5 Å². The first-order valence-corrected chi connectivity index (χ1v) is 15.4. The van der Waals surface area contributed by atoms with Gasteiger partial charge in [-0.25, -0.2) is 14.7 Å². The lowest BCUT2D eigenvalue weighted by Crippen LogP contribution is -2.54. The smallest absolute Gasteiger partial charge is 0.303 e. The minimum atomic E-state index is -3.96. The van der Waals surface area contributed by atoms with E-state index in [1.165, 1.54) is 18.2 Å². The highest BCUT2D eigenvalue weighted by molar-refractivity contribution is 7.87. The summed E-state index contributed by atoms with van der Waals surface area (Å²) < 4.78 is 29.8. The maximum absolute atomic E-state index is 13.4. The molecule has 0 radical (unpaired) electrons. The molecule has 3 aromatic heterocycles. The lowest BCUT2D eigenvalue weighted by Gasteiger charge is -2.35. The van der Waals surface area contributed by atoms with Crippen LogP contribution in [-0.4, -0.2) is 76.2 Å². The van der Waals surface area contributed by atoms with E-state index in [1.54, 1.807) is 30.0 Å². The second-order valence-corrected chi connectivity index (χ2v) is 12.4. The highest BCUT2D eigenvalue weighted by Crippen LogP contribution is 2.32. The van der Waals surface area contributed by atoms with Crippen LogP contribution in [-0.2, 0) is 15.0 Å². The topological polar surface area (TPSA) is 186 Å². The molecule has 4 N–H and O–H groups in total. The third-order valence-corrected chi connectivity index (χ3v) is 9.33. The number of pyridine rings is 2. The number of aromatic nitrogens is 4. The van der Waals surface area contributed by atoms with Crippen molar-refractivity contribution in [2.75, 3.05) is 36.4 Å². The Morgan fingerprint density at radius 3 is 2.36 bits per heavy atom. The number of carbonyl (C=O) groups is 2. The van der Waals surface area contributed by atoms with Gasteiger partial charge in [-0.2, -0.15) is 17.7 Å². The third-order valence-electron chi connectivity index (χ3n) is 7.82. The Morgan fingerprint density at radius 1 is 1.07 bits per heavy atom. The van der Waals surface area contributed by atoms with E-state index in [0.29, 0.717) is 35.5 Å². The van der Waals surface area contributed by atoms with Crippen LogP contribution in [0.5, 0.6) is 0 Å². The molecule has 42 heavy (non-hydrogen) atoms. The molecule has 5 rings (SSSR count). The van der Waals surface area contributed by atoms with Crippen molar-refractivity contribution >= 4 is 50.4 Å². The molecule has 2 fully saturated rings. The van der Waals surface area contributed by atoms with E-state index in [-0.39, 0.29) is 42.0 Å². The highest BCUT2D eigenvalue weighted by Gasteiger charge is 2.29. The number of aryl methyl sites for hydroxylation is 1. The Bertz CT molecular complexity index is 1670.